The molecule has 1 N–H and O–H groups in total. The summed E-state index contributed by atoms with van der Waals surface area (Å²) in [5.74, 6) is 2.32. The Labute approximate surface area is 132 Å². The number of benzene rings is 1. The molecule has 21 heavy (non-hydrogen) atoms. The van der Waals surface area contributed by atoms with E-state index in [9.17, 15) is 4.79 Å². The highest BCUT2D eigenvalue weighted by Crippen LogP contribution is 2.51. The lowest BCUT2D eigenvalue weighted by Gasteiger charge is -2.20. The standard InChI is InChI=1S/C15H17ClO4S/c16-11-5-10(6-12-14(11)20-4-3-19-12)8-21-9-15(1-2-15)7-13(17)18/h5-6H,1-4,7-9H2,(H,17,18). The van der Waals surface area contributed by atoms with Crippen LogP contribution in [-0.4, -0.2) is 30.0 Å². The number of halogens is 1. The van der Waals surface area contributed by atoms with E-state index in [4.69, 9.17) is 26.2 Å². The Kier molecular flexibility index (Phi) is 4.22. The molecule has 4 nitrogen and oxygen atoms in total. The van der Waals surface area contributed by atoms with Crippen LogP contribution < -0.4 is 9.47 Å². The number of hydrogen-bond acceptors (Lipinski definition) is 4. The molecule has 0 saturated heterocycles. The zero-order valence-corrected chi connectivity index (χ0v) is 13.1. The lowest BCUT2D eigenvalue weighted by atomic mass is 10.1. The molecule has 114 valence electrons. The molecule has 0 amide bonds. The van der Waals surface area contributed by atoms with Gasteiger partial charge < -0.3 is 14.6 Å². The summed E-state index contributed by atoms with van der Waals surface area (Å²) in [6.07, 6.45) is 2.32. The predicted octanol–water partition coefficient (Wildman–Crippen LogP) is 3.60. The van der Waals surface area contributed by atoms with E-state index in [1.807, 2.05) is 12.1 Å². The first-order valence-corrected chi connectivity index (χ1v) is 8.49. The summed E-state index contributed by atoms with van der Waals surface area (Å²) in [7, 11) is 0. The molecule has 1 aromatic rings. The van der Waals surface area contributed by atoms with Gasteiger partial charge in [-0.15, -0.1) is 0 Å². The van der Waals surface area contributed by atoms with Crippen molar-refractivity contribution in [3.05, 3.63) is 22.7 Å². The number of ether oxygens (including phenoxy) is 2. The summed E-state index contributed by atoms with van der Waals surface area (Å²) in [4.78, 5) is 10.8. The van der Waals surface area contributed by atoms with Crippen molar-refractivity contribution < 1.29 is 19.4 Å². The molecule has 1 aliphatic carbocycles. The third-order valence-electron chi connectivity index (χ3n) is 3.82. The van der Waals surface area contributed by atoms with Crippen molar-refractivity contribution >= 4 is 29.3 Å². The van der Waals surface area contributed by atoms with Crippen molar-refractivity contribution in [2.24, 2.45) is 5.41 Å². The topological polar surface area (TPSA) is 55.8 Å². The molecule has 1 aliphatic heterocycles. The van der Waals surface area contributed by atoms with Crippen LogP contribution in [0.4, 0.5) is 0 Å². The lowest BCUT2D eigenvalue weighted by Crippen LogP contribution is -2.15. The summed E-state index contributed by atoms with van der Waals surface area (Å²) in [5, 5.41) is 9.50. The van der Waals surface area contributed by atoms with Crippen LogP contribution in [0, 0.1) is 5.41 Å². The highest BCUT2D eigenvalue weighted by Gasteiger charge is 2.44. The van der Waals surface area contributed by atoms with Crippen molar-refractivity contribution in [3.63, 3.8) is 0 Å². The summed E-state index contributed by atoms with van der Waals surface area (Å²) >= 11 is 7.96. The van der Waals surface area contributed by atoms with Crippen LogP contribution in [0.3, 0.4) is 0 Å². The third kappa shape index (κ3) is 3.58. The van der Waals surface area contributed by atoms with Gasteiger partial charge in [-0.05, 0) is 41.7 Å². The second-order valence-corrected chi connectivity index (χ2v) is 7.06. The zero-order valence-electron chi connectivity index (χ0n) is 11.6. The maximum absolute atomic E-state index is 10.8. The highest BCUT2D eigenvalue weighted by atomic mass is 35.5. The Morgan fingerprint density at radius 3 is 2.81 bits per heavy atom. The van der Waals surface area contributed by atoms with Crippen LogP contribution in [0.1, 0.15) is 24.8 Å². The van der Waals surface area contributed by atoms with Gasteiger partial charge in [0.1, 0.15) is 13.2 Å². The van der Waals surface area contributed by atoms with Gasteiger partial charge in [0.2, 0.25) is 0 Å². The van der Waals surface area contributed by atoms with Gasteiger partial charge in [0.15, 0.2) is 11.5 Å². The molecule has 3 rings (SSSR count). The average molecular weight is 329 g/mol. The van der Waals surface area contributed by atoms with Gasteiger partial charge in [-0.1, -0.05) is 11.6 Å². The summed E-state index contributed by atoms with van der Waals surface area (Å²) in [6, 6.07) is 3.86. The summed E-state index contributed by atoms with van der Waals surface area (Å²) < 4.78 is 11.1. The Bertz CT molecular complexity index is 557. The first-order valence-electron chi connectivity index (χ1n) is 6.96. The highest BCUT2D eigenvalue weighted by molar-refractivity contribution is 7.98. The van der Waals surface area contributed by atoms with Crippen molar-refractivity contribution in [3.8, 4) is 11.5 Å². The molecule has 0 bridgehead atoms. The van der Waals surface area contributed by atoms with Crippen molar-refractivity contribution in [1.82, 2.24) is 0 Å². The normalized spacial score (nSPS) is 18.3. The lowest BCUT2D eigenvalue weighted by molar-refractivity contribution is -0.138. The number of hydrogen-bond donors (Lipinski definition) is 1. The smallest absolute Gasteiger partial charge is 0.303 e. The first kappa shape index (κ1) is 14.9. The Balaban J connectivity index is 1.58. The maximum Gasteiger partial charge on any atom is 0.303 e. The molecule has 1 fully saturated rings. The molecule has 0 aromatic heterocycles. The number of rotatable bonds is 6. The van der Waals surface area contributed by atoms with Crippen LogP contribution in [0.25, 0.3) is 0 Å². The van der Waals surface area contributed by atoms with E-state index in [-0.39, 0.29) is 11.8 Å². The molecule has 1 aromatic carbocycles. The number of aliphatic carboxylic acids is 1. The van der Waals surface area contributed by atoms with Gasteiger partial charge in [-0.2, -0.15) is 11.8 Å². The molecule has 0 radical (unpaired) electrons. The van der Waals surface area contributed by atoms with Crippen LogP contribution in [0.2, 0.25) is 5.02 Å². The van der Waals surface area contributed by atoms with E-state index in [0.717, 1.165) is 29.9 Å². The molecule has 1 heterocycles. The van der Waals surface area contributed by atoms with Gasteiger partial charge in [-0.25, -0.2) is 0 Å². The molecular weight excluding hydrogens is 312 g/mol. The molecule has 0 atom stereocenters. The van der Waals surface area contributed by atoms with Crippen LogP contribution >= 0.6 is 23.4 Å². The first-order chi connectivity index (χ1) is 10.1. The zero-order chi connectivity index (χ0) is 14.9. The van der Waals surface area contributed by atoms with E-state index in [1.54, 1.807) is 11.8 Å². The van der Waals surface area contributed by atoms with Gasteiger partial charge >= 0.3 is 5.97 Å². The monoisotopic (exact) mass is 328 g/mol. The van der Waals surface area contributed by atoms with E-state index in [2.05, 4.69) is 0 Å². The second kappa shape index (κ2) is 5.97. The fourth-order valence-corrected chi connectivity index (χ4v) is 4.12. The van der Waals surface area contributed by atoms with Gasteiger partial charge in [0.05, 0.1) is 11.4 Å². The molecule has 6 heteroatoms. The fourth-order valence-electron chi connectivity index (χ4n) is 2.50. The van der Waals surface area contributed by atoms with Gasteiger partial charge in [0, 0.05) is 5.75 Å². The Morgan fingerprint density at radius 1 is 1.33 bits per heavy atom. The number of thioether (sulfide) groups is 1. The molecule has 0 unspecified atom stereocenters. The predicted molar refractivity (Wildman–Crippen MR) is 82.5 cm³/mol. The average Bonchev–Trinajstić information content (AvgIpc) is 3.18. The summed E-state index contributed by atoms with van der Waals surface area (Å²) in [6.45, 7) is 1.07. The van der Waals surface area contributed by atoms with E-state index < -0.39 is 5.97 Å². The van der Waals surface area contributed by atoms with Gasteiger partial charge in [-0.3, -0.25) is 4.79 Å². The SMILES string of the molecule is O=C(O)CC1(CSCc2cc(Cl)c3c(c2)OCCO3)CC1. The number of fused-ring (bicyclic) bond motifs is 1. The molecule has 0 spiro atoms. The fraction of sp³-hybridized carbons (Fsp3) is 0.533. The Morgan fingerprint density at radius 2 is 2.10 bits per heavy atom. The number of carbonyl (C=O) groups is 1. The third-order valence-corrected chi connectivity index (χ3v) is 5.45. The minimum Gasteiger partial charge on any atom is -0.486 e. The van der Waals surface area contributed by atoms with E-state index in [0.29, 0.717) is 29.7 Å². The molecule has 1 saturated carbocycles. The largest absolute Gasteiger partial charge is 0.486 e. The van der Waals surface area contributed by atoms with Gasteiger partial charge in [0.25, 0.3) is 0 Å². The number of carboxylic acids is 1. The second-order valence-electron chi connectivity index (χ2n) is 5.67. The maximum atomic E-state index is 10.8. The van der Waals surface area contributed by atoms with Crippen LogP contribution in [0.5, 0.6) is 11.5 Å². The van der Waals surface area contributed by atoms with Crippen LogP contribution in [-0.2, 0) is 10.5 Å². The molecule has 2 aliphatic rings. The van der Waals surface area contributed by atoms with Crippen molar-refractivity contribution in [2.75, 3.05) is 19.0 Å². The number of carboxylic acid groups (broad SMARTS) is 1. The van der Waals surface area contributed by atoms with Crippen molar-refractivity contribution in [2.45, 2.75) is 25.0 Å². The Hall–Kier alpha value is -1.07. The van der Waals surface area contributed by atoms with E-state index in [1.165, 1.54) is 0 Å². The van der Waals surface area contributed by atoms with E-state index >= 15 is 0 Å². The quantitative estimate of drug-likeness (QED) is 0.864. The van der Waals surface area contributed by atoms with Crippen molar-refractivity contribution in [1.29, 1.82) is 0 Å². The summed E-state index contributed by atoms with van der Waals surface area (Å²) in [5.41, 5.74) is 1.11. The minimum absolute atomic E-state index is 0.0219. The minimum atomic E-state index is -0.699. The molecular formula is C15H17ClO4S. The van der Waals surface area contributed by atoms with Crippen LogP contribution in [0.15, 0.2) is 12.1 Å².